The topological polar surface area (TPSA) is 205 Å². The quantitative estimate of drug-likeness (QED) is 0.292. The first-order chi connectivity index (χ1) is 29.1. The molecule has 1 saturated carbocycles. The summed E-state index contributed by atoms with van der Waals surface area (Å²) >= 11 is 0. The van der Waals surface area contributed by atoms with Gasteiger partial charge in [-0.25, -0.2) is 22.7 Å². The van der Waals surface area contributed by atoms with E-state index < -0.39 is 80.6 Å². The molecule has 0 aromatic heterocycles. The predicted molar refractivity (Wildman–Crippen MR) is 224 cm³/mol. The number of benzene rings is 1. The number of hydrogen-bond donors (Lipinski definition) is 4. The van der Waals surface area contributed by atoms with Gasteiger partial charge >= 0.3 is 12.2 Å². The maximum Gasteiger partial charge on any atom is 0.410 e. The second-order valence-corrected chi connectivity index (χ2v) is 20.1. The third-order valence-corrected chi connectivity index (χ3v) is 14.1. The summed E-state index contributed by atoms with van der Waals surface area (Å²) in [5.74, 6) is -2.67. The van der Waals surface area contributed by atoms with Crippen molar-refractivity contribution in [3.8, 4) is 0 Å². The van der Waals surface area contributed by atoms with E-state index in [4.69, 9.17) is 14.2 Å². The number of carbonyl (C=O) groups excluding carboxylic acids is 5. The van der Waals surface area contributed by atoms with Crippen LogP contribution in [-0.2, 0) is 45.0 Å². The van der Waals surface area contributed by atoms with Gasteiger partial charge in [0.05, 0.1) is 19.2 Å². The van der Waals surface area contributed by atoms with E-state index in [1.807, 2.05) is 24.3 Å². The number of alkyl carbamates (subject to hydrolysis) is 1. The molecule has 7 unspecified atom stereocenters. The lowest BCUT2D eigenvalue weighted by molar-refractivity contribution is -0.141. The Morgan fingerprint density at radius 2 is 1.79 bits per heavy atom. The number of nitrogens with zero attached hydrogens (tertiary/aromatic N) is 3. The molecule has 7 rings (SSSR count). The van der Waals surface area contributed by atoms with Gasteiger partial charge in [-0.2, -0.15) is 0 Å². The van der Waals surface area contributed by atoms with Gasteiger partial charge in [0.25, 0.3) is 15.9 Å². The highest BCUT2D eigenvalue weighted by Crippen LogP contribution is 2.46. The lowest BCUT2D eigenvalue weighted by Crippen LogP contribution is -2.59. The summed E-state index contributed by atoms with van der Waals surface area (Å²) in [5, 5.41) is 8.55. The van der Waals surface area contributed by atoms with E-state index in [1.54, 1.807) is 25.7 Å². The average molecular weight is 870 g/mol. The van der Waals surface area contributed by atoms with Gasteiger partial charge in [0, 0.05) is 38.5 Å². The molecule has 1 aromatic carbocycles. The highest BCUT2D eigenvalue weighted by molar-refractivity contribution is 7.90. The molecule has 17 nitrogen and oxygen atoms in total. The molecular weight excluding hydrogens is 807 g/mol. The smallest absolute Gasteiger partial charge is 0.410 e. The molecule has 4 N–H and O–H groups in total. The van der Waals surface area contributed by atoms with Crippen molar-refractivity contribution in [3.05, 3.63) is 47.5 Å². The average Bonchev–Trinajstić information content (AvgIpc) is 3.76. The monoisotopic (exact) mass is 869 g/mol. The molecule has 4 fully saturated rings. The van der Waals surface area contributed by atoms with E-state index in [2.05, 4.69) is 37.7 Å². The first-order valence-corrected chi connectivity index (χ1v) is 23.6. The van der Waals surface area contributed by atoms with Crippen molar-refractivity contribution in [3.63, 3.8) is 0 Å². The predicted octanol–water partition coefficient (Wildman–Crippen LogP) is 2.86. The van der Waals surface area contributed by atoms with Crippen molar-refractivity contribution in [2.45, 2.75) is 132 Å². The van der Waals surface area contributed by atoms with Gasteiger partial charge in [-0.05, 0) is 89.9 Å². The number of morpholine rings is 1. The fourth-order valence-electron chi connectivity index (χ4n) is 9.31. The van der Waals surface area contributed by atoms with Gasteiger partial charge in [-0.15, -0.1) is 0 Å². The van der Waals surface area contributed by atoms with Crippen LogP contribution in [0.2, 0.25) is 0 Å². The van der Waals surface area contributed by atoms with Gasteiger partial charge < -0.3 is 40.0 Å². The van der Waals surface area contributed by atoms with Crippen molar-refractivity contribution >= 4 is 39.9 Å². The van der Waals surface area contributed by atoms with Gasteiger partial charge in [-0.1, -0.05) is 55.7 Å². The van der Waals surface area contributed by atoms with Gasteiger partial charge in [0.2, 0.25) is 11.8 Å². The molecule has 0 spiro atoms. The Kier molecular flexibility index (Phi) is 14.0. The van der Waals surface area contributed by atoms with Crippen LogP contribution in [0.1, 0.15) is 102 Å². The van der Waals surface area contributed by atoms with Crippen LogP contribution in [0.15, 0.2) is 36.4 Å². The summed E-state index contributed by atoms with van der Waals surface area (Å²) < 4.78 is 46.0. The van der Waals surface area contributed by atoms with Crippen LogP contribution in [0.5, 0.6) is 0 Å². The summed E-state index contributed by atoms with van der Waals surface area (Å²) in [4.78, 5) is 76.2. The van der Waals surface area contributed by atoms with Crippen LogP contribution in [0.4, 0.5) is 9.59 Å². The summed E-state index contributed by atoms with van der Waals surface area (Å²) in [6.07, 6.45) is 8.60. The lowest BCUT2D eigenvalue weighted by Gasteiger charge is -2.40. The first kappa shape index (κ1) is 44.8. The maximum absolute atomic E-state index is 14.7. The molecule has 336 valence electrons. The van der Waals surface area contributed by atoms with Crippen molar-refractivity contribution in [2.75, 3.05) is 52.4 Å². The highest BCUT2D eigenvalue weighted by atomic mass is 32.2. The number of sulfonamides is 1. The zero-order valence-corrected chi connectivity index (χ0v) is 36.5. The van der Waals surface area contributed by atoms with E-state index in [0.29, 0.717) is 38.9 Å². The number of hydrogen-bond acceptors (Lipinski definition) is 12. The van der Waals surface area contributed by atoms with Crippen LogP contribution < -0.4 is 20.7 Å². The number of carbonyl (C=O) groups is 5. The Balaban J connectivity index is 1.15. The molecule has 5 heterocycles. The molecule has 61 heavy (non-hydrogen) atoms. The van der Waals surface area contributed by atoms with Crippen LogP contribution in [0.3, 0.4) is 0 Å². The zero-order chi connectivity index (χ0) is 43.4. The molecule has 5 aliphatic heterocycles. The molecule has 6 aliphatic rings. The molecule has 3 saturated heterocycles. The molecule has 0 radical (unpaired) electrons. The first-order valence-electron chi connectivity index (χ1n) is 22.1. The van der Waals surface area contributed by atoms with E-state index in [9.17, 15) is 32.4 Å². The van der Waals surface area contributed by atoms with Crippen LogP contribution in [-0.4, -0.2) is 140 Å². The van der Waals surface area contributed by atoms with Crippen molar-refractivity contribution in [1.29, 1.82) is 0 Å². The number of allylic oxidation sites excluding steroid dienone is 1. The highest BCUT2D eigenvalue weighted by Gasteiger charge is 2.62. The fourth-order valence-corrected chi connectivity index (χ4v) is 10.5. The third kappa shape index (κ3) is 10.9. The molecule has 1 aliphatic carbocycles. The minimum absolute atomic E-state index is 0.00794. The van der Waals surface area contributed by atoms with Crippen LogP contribution in [0.25, 0.3) is 0 Å². The van der Waals surface area contributed by atoms with Gasteiger partial charge in [0.1, 0.15) is 29.3 Å². The van der Waals surface area contributed by atoms with Gasteiger partial charge in [-0.3, -0.25) is 19.3 Å². The Bertz CT molecular complexity index is 1930. The van der Waals surface area contributed by atoms with E-state index in [1.165, 1.54) is 16.9 Å². The standard InChI is InChI=1S/C43H63N7O10S/c1-42(2,3)60-40(54)45-33-17-9-6-4-5-8-15-30-25-43(30,39(53)47-61(56,57)36-26-44-19-23-58-36)46-37(51)34-24-31(27-50(34)38(33)52)59-41(55)49-22-18-29-14-10-11-16-32(29)35(49)28-48-20-12-7-13-21-48/h8,10-11,14-16,30-31,33-36,44H,4-7,9,12-13,17-28H2,1-3H3,(H,45,54)(H,46,51)(H,47,53)/b15-8-. The Labute approximate surface area is 359 Å². The fraction of sp³-hybridized carbons (Fsp3) is 0.698. The van der Waals surface area contributed by atoms with Crippen LogP contribution >= 0.6 is 0 Å². The molecule has 18 heteroatoms. The summed E-state index contributed by atoms with van der Waals surface area (Å²) in [6.45, 7) is 8.63. The number of rotatable bonds is 7. The van der Waals surface area contributed by atoms with E-state index >= 15 is 0 Å². The zero-order valence-electron chi connectivity index (χ0n) is 35.7. The number of fused-ring (bicyclic) bond motifs is 3. The molecule has 0 bridgehead atoms. The largest absolute Gasteiger partial charge is 0.444 e. The summed E-state index contributed by atoms with van der Waals surface area (Å²) in [5.41, 5.74) is -1.49. The molecule has 5 amide bonds. The second-order valence-electron chi connectivity index (χ2n) is 18.3. The van der Waals surface area contributed by atoms with Crippen molar-refractivity contribution in [1.82, 2.24) is 35.4 Å². The van der Waals surface area contributed by atoms with E-state index in [0.717, 1.165) is 44.3 Å². The van der Waals surface area contributed by atoms with Crippen molar-refractivity contribution in [2.24, 2.45) is 5.92 Å². The van der Waals surface area contributed by atoms with Crippen LogP contribution in [0, 0.1) is 5.92 Å². The second kappa shape index (κ2) is 19.0. The Morgan fingerprint density at radius 3 is 2.54 bits per heavy atom. The van der Waals surface area contributed by atoms with Gasteiger partial charge in [0.15, 0.2) is 5.44 Å². The Morgan fingerprint density at radius 1 is 1.02 bits per heavy atom. The van der Waals surface area contributed by atoms with Crippen molar-refractivity contribution < 1.29 is 46.6 Å². The van der Waals surface area contributed by atoms with E-state index in [-0.39, 0.29) is 45.0 Å². The SMILES string of the molecule is CC(C)(C)OC(=O)NC1CCCCC/C=C\C2CC2(C(=O)NS(=O)(=O)C2CNCCO2)NC(=O)C2CC(OC(=O)N3CCc4ccccc4C3CN3CCCCC3)CN2C1=O. The number of nitrogens with one attached hydrogen (secondary N) is 4. The summed E-state index contributed by atoms with van der Waals surface area (Å²) in [6, 6.07) is 5.61. The molecule has 7 atom stereocenters. The third-order valence-electron chi connectivity index (χ3n) is 12.6. The number of ether oxygens (including phenoxy) is 3. The molecule has 1 aromatic rings. The number of piperidine rings is 1. The molecular formula is C43H63N7O10S. The minimum atomic E-state index is -4.29. The number of likely N-dealkylation sites (tertiary alicyclic amines) is 1. The Hall–Kier alpha value is -4.26. The maximum atomic E-state index is 14.7. The summed E-state index contributed by atoms with van der Waals surface area (Å²) in [7, 11) is -4.29. The lowest BCUT2D eigenvalue weighted by atomic mass is 9.92. The minimum Gasteiger partial charge on any atom is -0.444 e. The number of amides is 5. The normalized spacial score (nSPS) is 30.9.